The number of nitrogens with zero attached hydrogens (tertiary/aromatic N) is 4. The highest BCUT2D eigenvalue weighted by atomic mass is 35.5. The van der Waals surface area contributed by atoms with Crippen LogP contribution in [0.4, 0.5) is 0 Å². The van der Waals surface area contributed by atoms with Gasteiger partial charge in [0.1, 0.15) is 11.3 Å². The summed E-state index contributed by atoms with van der Waals surface area (Å²) in [5, 5.41) is 4.55. The van der Waals surface area contributed by atoms with Crippen molar-refractivity contribution in [2.45, 2.75) is 0 Å². The minimum Gasteiger partial charge on any atom is -0.387 e. The highest BCUT2D eigenvalue weighted by molar-refractivity contribution is 7.80. The van der Waals surface area contributed by atoms with E-state index in [0.717, 1.165) is 0 Å². The first-order chi connectivity index (χ1) is 7.18. The Morgan fingerprint density at radius 2 is 2.33 bits per heavy atom. The van der Waals surface area contributed by atoms with Crippen LogP contribution in [0.15, 0.2) is 24.8 Å². The van der Waals surface area contributed by atoms with Crippen molar-refractivity contribution in [1.29, 1.82) is 0 Å². The molecule has 0 aliphatic carbocycles. The molecule has 15 heavy (non-hydrogen) atoms. The van der Waals surface area contributed by atoms with Crippen molar-refractivity contribution in [2.24, 2.45) is 5.73 Å². The van der Waals surface area contributed by atoms with E-state index in [1.165, 1.54) is 17.2 Å². The molecule has 0 aliphatic heterocycles. The molecule has 0 amide bonds. The first-order valence-corrected chi connectivity index (χ1v) is 4.78. The molecule has 2 heterocycles. The molecule has 0 aromatic carbocycles. The smallest absolute Gasteiger partial charge is 0.208 e. The second kappa shape index (κ2) is 3.92. The molecule has 2 rings (SSSR count). The predicted octanol–water partition coefficient (Wildman–Crippen LogP) is 0.950. The van der Waals surface area contributed by atoms with Crippen LogP contribution >= 0.6 is 23.8 Å². The molecule has 2 N–H and O–H groups in total. The van der Waals surface area contributed by atoms with Crippen molar-refractivity contribution < 1.29 is 0 Å². The fraction of sp³-hybridized carbons (Fsp3) is 0. The van der Waals surface area contributed by atoms with Crippen molar-refractivity contribution in [2.75, 3.05) is 0 Å². The van der Waals surface area contributed by atoms with Gasteiger partial charge in [-0.15, -0.1) is 5.10 Å². The topological polar surface area (TPSA) is 69.6 Å². The lowest BCUT2D eigenvalue weighted by Gasteiger charge is -2.00. The van der Waals surface area contributed by atoms with Crippen LogP contribution in [0, 0.1) is 0 Å². The van der Waals surface area contributed by atoms with E-state index in [-0.39, 0.29) is 4.99 Å². The summed E-state index contributed by atoms with van der Waals surface area (Å²) in [6.07, 6.45) is 4.64. The summed E-state index contributed by atoms with van der Waals surface area (Å²) in [7, 11) is 0. The van der Waals surface area contributed by atoms with Gasteiger partial charge in [-0.2, -0.15) is 0 Å². The summed E-state index contributed by atoms with van der Waals surface area (Å²) in [6, 6.07) is 1.72. The summed E-state index contributed by atoms with van der Waals surface area (Å²) < 4.78 is 1.50. The van der Waals surface area contributed by atoms with Crippen molar-refractivity contribution in [3.05, 3.63) is 35.6 Å². The summed E-state index contributed by atoms with van der Waals surface area (Å²) in [5.41, 5.74) is 6.07. The van der Waals surface area contributed by atoms with Crippen molar-refractivity contribution in [3.63, 3.8) is 0 Å². The molecule has 0 spiro atoms. The third-order valence-corrected chi connectivity index (χ3v) is 2.18. The Hall–Kier alpha value is -1.53. The fourth-order valence-electron chi connectivity index (χ4n) is 1.05. The SMILES string of the molecule is NC(=S)c1ncn(-c2ccncc2Cl)n1. The second-order valence-electron chi connectivity index (χ2n) is 2.70. The van der Waals surface area contributed by atoms with E-state index >= 15 is 0 Å². The van der Waals surface area contributed by atoms with E-state index in [2.05, 4.69) is 15.1 Å². The quantitative estimate of drug-likeness (QED) is 0.791. The van der Waals surface area contributed by atoms with Gasteiger partial charge in [-0.05, 0) is 6.07 Å². The molecule has 2 aromatic rings. The fourth-order valence-corrected chi connectivity index (χ4v) is 1.35. The highest BCUT2D eigenvalue weighted by Crippen LogP contribution is 2.16. The van der Waals surface area contributed by atoms with Gasteiger partial charge in [-0.3, -0.25) is 4.98 Å². The Morgan fingerprint density at radius 3 is 2.93 bits per heavy atom. The van der Waals surface area contributed by atoms with Gasteiger partial charge in [0.25, 0.3) is 0 Å². The molecular formula is C8H6ClN5S. The maximum absolute atomic E-state index is 5.93. The lowest BCUT2D eigenvalue weighted by molar-refractivity contribution is 0.872. The Bertz CT molecular complexity index is 509. The maximum Gasteiger partial charge on any atom is 0.208 e. The largest absolute Gasteiger partial charge is 0.387 e. The van der Waals surface area contributed by atoms with Crippen molar-refractivity contribution in [3.8, 4) is 5.69 Å². The monoisotopic (exact) mass is 239 g/mol. The zero-order valence-corrected chi connectivity index (χ0v) is 9.03. The van der Waals surface area contributed by atoms with Crippen LogP contribution in [0.1, 0.15) is 5.82 Å². The molecule has 0 unspecified atom stereocenters. The third kappa shape index (κ3) is 1.95. The molecule has 5 nitrogen and oxygen atoms in total. The van der Waals surface area contributed by atoms with E-state index in [1.807, 2.05) is 0 Å². The lowest BCUT2D eigenvalue weighted by atomic mass is 10.4. The van der Waals surface area contributed by atoms with E-state index in [9.17, 15) is 0 Å². The van der Waals surface area contributed by atoms with Crippen molar-refractivity contribution >= 4 is 28.8 Å². The highest BCUT2D eigenvalue weighted by Gasteiger charge is 2.07. The van der Waals surface area contributed by atoms with Crippen LogP contribution in [0.25, 0.3) is 5.69 Å². The Kier molecular flexibility index (Phi) is 2.61. The van der Waals surface area contributed by atoms with Gasteiger partial charge < -0.3 is 5.73 Å². The molecule has 0 aliphatic rings. The minimum atomic E-state index is 0.152. The van der Waals surface area contributed by atoms with E-state index in [4.69, 9.17) is 29.6 Å². The summed E-state index contributed by atoms with van der Waals surface area (Å²) in [6.45, 7) is 0. The summed E-state index contributed by atoms with van der Waals surface area (Å²) >= 11 is 10.7. The van der Waals surface area contributed by atoms with Crippen LogP contribution in [0.2, 0.25) is 5.02 Å². The molecule has 76 valence electrons. The molecular weight excluding hydrogens is 234 g/mol. The Balaban J connectivity index is 2.46. The van der Waals surface area contributed by atoms with Crippen LogP contribution in [-0.2, 0) is 0 Å². The lowest BCUT2D eigenvalue weighted by Crippen LogP contribution is -2.12. The third-order valence-electron chi connectivity index (χ3n) is 1.71. The number of nitrogens with two attached hydrogens (primary N) is 1. The number of halogens is 1. The minimum absolute atomic E-state index is 0.152. The molecule has 0 saturated heterocycles. The average Bonchev–Trinajstić information content (AvgIpc) is 2.67. The molecule has 0 saturated carbocycles. The van der Waals surface area contributed by atoms with Crippen LogP contribution < -0.4 is 5.73 Å². The van der Waals surface area contributed by atoms with Gasteiger partial charge in [0.2, 0.25) is 5.82 Å². The van der Waals surface area contributed by atoms with Crippen LogP contribution in [-0.4, -0.2) is 24.7 Å². The molecule has 0 bridgehead atoms. The first kappa shape index (κ1) is 10.0. The number of pyridine rings is 1. The molecule has 2 aromatic heterocycles. The predicted molar refractivity (Wildman–Crippen MR) is 60.1 cm³/mol. The molecule has 0 radical (unpaired) electrons. The average molecular weight is 240 g/mol. The number of hydrogen-bond acceptors (Lipinski definition) is 4. The van der Waals surface area contributed by atoms with E-state index in [0.29, 0.717) is 16.5 Å². The molecule has 7 heteroatoms. The molecule has 0 atom stereocenters. The first-order valence-electron chi connectivity index (χ1n) is 4.00. The normalized spacial score (nSPS) is 10.2. The van der Waals surface area contributed by atoms with Gasteiger partial charge in [-0.25, -0.2) is 9.67 Å². The summed E-state index contributed by atoms with van der Waals surface area (Å²) in [5.74, 6) is 0.317. The van der Waals surface area contributed by atoms with Gasteiger partial charge in [-0.1, -0.05) is 23.8 Å². The Morgan fingerprint density at radius 1 is 1.53 bits per heavy atom. The zero-order valence-electron chi connectivity index (χ0n) is 7.46. The zero-order chi connectivity index (χ0) is 10.8. The van der Waals surface area contributed by atoms with Gasteiger partial charge in [0, 0.05) is 12.4 Å². The summed E-state index contributed by atoms with van der Waals surface area (Å²) in [4.78, 5) is 7.96. The number of rotatable bonds is 2. The number of aromatic nitrogens is 4. The van der Waals surface area contributed by atoms with Gasteiger partial charge in [0.15, 0.2) is 0 Å². The number of thiocarbonyl (C=S) groups is 1. The van der Waals surface area contributed by atoms with E-state index in [1.54, 1.807) is 12.3 Å². The van der Waals surface area contributed by atoms with Crippen LogP contribution in [0.3, 0.4) is 0 Å². The van der Waals surface area contributed by atoms with Gasteiger partial charge in [0.05, 0.1) is 10.7 Å². The number of hydrogen-bond donors (Lipinski definition) is 1. The Labute approximate surface area is 95.9 Å². The van der Waals surface area contributed by atoms with E-state index < -0.39 is 0 Å². The van der Waals surface area contributed by atoms with Crippen molar-refractivity contribution in [1.82, 2.24) is 19.7 Å². The van der Waals surface area contributed by atoms with Crippen LogP contribution in [0.5, 0.6) is 0 Å². The maximum atomic E-state index is 5.93. The standard InChI is InChI=1S/C8H6ClN5S/c9-5-3-11-2-1-6(5)14-4-12-8(13-14)7(10)15/h1-4H,(H2,10,15). The molecule has 0 fully saturated rings. The second-order valence-corrected chi connectivity index (χ2v) is 3.55. The van der Waals surface area contributed by atoms with Gasteiger partial charge >= 0.3 is 0 Å².